The summed E-state index contributed by atoms with van der Waals surface area (Å²) in [5, 5.41) is 11.6. The van der Waals surface area contributed by atoms with E-state index in [1.807, 2.05) is 0 Å². The van der Waals surface area contributed by atoms with Gasteiger partial charge in [-0.3, -0.25) is 0 Å². The van der Waals surface area contributed by atoms with Gasteiger partial charge in [0.2, 0.25) is 0 Å². The third-order valence-corrected chi connectivity index (χ3v) is 5.50. The van der Waals surface area contributed by atoms with Crippen LogP contribution in [0.25, 0.3) is 0 Å². The van der Waals surface area contributed by atoms with Gasteiger partial charge in [-0.2, -0.15) is 0 Å². The van der Waals surface area contributed by atoms with E-state index in [0.29, 0.717) is 32.4 Å². The van der Waals surface area contributed by atoms with Crippen molar-refractivity contribution in [3.8, 4) is 0 Å². The van der Waals surface area contributed by atoms with Gasteiger partial charge in [0.15, 0.2) is 9.84 Å². The number of urea groups is 1. The van der Waals surface area contributed by atoms with Crippen molar-refractivity contribution in [3.63, 3.8) is 0 Å². The topological polar surface area (TPSA) is 104 Å². The van der Waals surface area contributed by atoms with E-state index < -0.39 is 27.9 Å². The number of sulfone groups is 1. The van der Waals surface area contributed by atoms with E-state index in [-0.39, 0.29) is 17.4 Å². The molecule has 0 aliphatic carbocycles. The maximum absolute atomic E-state index is 11.9. The van der Waals surface area contributed by atoms with Crippen molar-refractivity contribution in [1.82, 2.24) is 10.2 Å². The van der Waals surface area contributed by atoms with Crippen LogP contribution in [0, 0.1) is 5.92 Å². The van der Waals surface area contributed by atoms with Crippen molar-refractivity contribution >= 4 is 21.8 Å². The summed E-state index contributed by atoms with van der Waals surface area (Å²) in [4.78, 5) is 24.2. The smallest absolute Gasteiger partial charge is 0.326 e. The largest absolute Gasteiger partial charge is 0.480 e. The molecule has 2 N–H and O–H groups in total. The minimum absolute atomic E-state index is 0.0557. The molecule has 2 rings (SSSR count). The second-order valence-electron chi connectivity index (χ2n) is 5.14. The number of carboxylic acids is 1. The fraction of sp³-hybridized carbons (Fsp3) is 0.818. The summed E-state index contributed by atoms with van der Waals surface area (Å²) in [5.74, 6) is -0.763. The Balaban J connectivity index is 1.83. The lowest BCUT2D eigenvalue weighted by atomic mass is 10.1. The molecule has 2 aliphatic heterocycles. The molecule has 2 unspecified atom stereocenters. The van der Waals surface area contributed by atoms with Crippen molar-refractivity contribution in [2.45, 2.75) is 25.3 Å². The summed E-state index contributed by atoms with van der Waals surface area (Å²) in [6.45, 7) is 0.729. The first-order valence-electron chi connectivity index (χ1n) is 6.37. The van der Waals surface area contributed by atoms with Gasteiger partial charge < -0.3 is 15.3 Å². The standard InChI is InChI=1S/C11H18N2O5S/c14-10(15)9-2-1-4-13(9)11(16)12-6-8-3-5-19(17,18)7-8/h8-9H,1-7H2,(H,12,16)(H,14,15). The van der Waals surface area contributed by atoms with Crippen molar-refractivity contribution in [3.05, 3.63) is 0 Å². The molecule has 0 aromatic carbocycles. The molecule has 2 heterocycles. The fourth-order valence-electron chi connectivity index (χ4n) is 2.63. The number of hydrogen-bond acceptors (Lipinski definition) is 4. The van der Waals surface area contributed by atoms with Gasteiger partial charge in [0.05, 0.1) is 11.5 Å². The molecule has 7 nitrogen and oxygen atoms in total. The molecular weight excluding hydrogens is 272 g/mol. The minimum atomic E-state index is -2.95. The summed E-state index contributed by atoms with van der Waals surface area (Å²) >= 11 is 0. The number of hydrogen-bond donors (Lipinski definition) is 2. The van der Waals surface area contributed by atoms with Crippen LogP contribution in [0.1, 0.15) is 19.3 Å². The molecule has 0 spiro atoms. The molecule has 2 amide bonds. The predicted molar refractivity (Wildman–Crippen MR) is 67.5 cm³/mol. The summed E-state index contributed by atoms with van der Waals surface area (Å²) in [6, 6.07) is -1.17. The van der Waals surface area contributed by atoms with Crippen LogP contribution in [0.4, 0.5) is 4.79 Å². The third kappa shape index (κ3) is 3.37. The van der Waals surface area contributed by atoms with Crippen molar-refractivity contribution < 1.29 is 23.1 Å². The summed E-state index contributed by atoms with van der Waals surface area (Å²) in [7, 11) is -2.95. The quantitative estimate of drug-likeness (QED) is 0.741. The van der Waals surface area contributed by atoms with E-state index in [0.717, 1.165) is 0 Å². The normalized spacial score (nSPS) is 29.4. The van der Waals surface area contributed by atoms with Gasteiger partial charge in [-0.15, -0.1) is 0 Å². The first-order valence-corrected chi connectivity index (χ1v) is 8.19. The van der Waals surface area contributed by atoms with Crippen LogP contribution in [0.2, 0.25) is 0 Å². The SMILES string of the molecule is O=C(O)C1CCCN1C(=O)NCC1CCS(=O)(=O)C1. The van der Waals surface area contributed by atoms with E-state index in [2.05, 4.69) is 5.32 Å². The highest BCUT2D eigenvalue weighted by molar-refractivity contribution is 7.91. The Morgan fingerprint density at radius 3 is 2.63 bits per heavy atom. The van der Waals surface area contributed by atoms with Crippen LogP contribution in [0.3, 0.4) is 0 Å². The molecule has 0 aromatic heterocycles. The number of nitrogens with zero attached hydrogens (tertiary/aromatic N) is 1. The Morgan fingerprint density at radius 1 is 1.32 bits per heavy atom. The summed E-state index contributed by atoms with van der Waals surface area (Å²) in [6.07, 6.45) is 1.72. The molecule has 108 valence electrons. The average molecular weight is 290 g/mol. The number of aliphatic carboxylic acids is 1. The maximum Gasteiger partial charge on any atom is 0.326 e. The Labute approximate surface area is 111 Å². The summed E-state index contributed by atoms with van der Waals surface area (Å²) in [5.41, 5.74) is 0. The van der Waals surface area contributed by atoms with E-state index >= 15 is 0 Å². The van der Waals surface area contributed by atoms with Crippen molar-refractivity contribution in [2.24, 2.45) is 5.92 Å². The molecule has 19 heavy (non-hydrogen) atoms. The van der Waals surface area contributed by atoms with E-state index in [4.69, 9.17) is 5.11 Å². The van der Waals surface area contributed by atoms with Crippen molar-refractivity contribution in [1.29, 1.82) is 0 Å². The van der Waals surface area contributed by atoms with Gasteiger partial charge in [0.25, 0.3) is 0 Å². The zero-order valence-corrected chi connectivity index (χ0v) is 11.4. The average Bonchev–Trinajstić information content (AvgIpc) is 2.92. The van der Waals surface area contributed by atoms with Gasteiger partial charge in [0, 0.05) is 13.1 Å². The third-order valence-electron chi connectivity index (χ3n) is 3.67. The van der Waals surface area contributed by atoms with Crippen LogP contribution in [0.5, 0.6) is 0 Å². The second-order valence-corrected chi connectivity index (χ2v) is 7.37. The maximum atomic E-state index is 11.9. The van der Waals surface area contributed by atoms with Gasteiger partial charge in [-0.05, 0) is 25.2 Å². The molecule has 2 saturated heterocycles. The van der Waals surface area contributed by atoms with Crippen LogP contribution in [-0.4, -0.2) is 61.1 Å². The highest BCUT2D eigenvalue weighted by Crippen LogP contribution is 2.19. The number of nitrogens with one attached hydrogen (secondary N) is 1. The zero-order chi connectivity index (χ0) is 14.0. The van der Waals surface area contributed by atoms with Gasteiger partial charge in [0.1, 0.15) is 6.04 Å². The molecular formula is C11H18N2O5S. The van der Waals surface area contributed by atoms with E-state index in [1.165, 1.54) is 4.90 Å². The number of amides is 2. The molecule has 0 radical (unpaired) electrons. The molecule has 0 aromatic rings. The van der Waals surface area contributed by atoms with E-state index in [9.17, 15) is 18.0 Å². The predicted octanol–water partition coefficient (Wildman–Crippen LogP) is -0.320. The minimum Gasteiger partial charge on any atom is -0.480 e. The van der Waals surface area contributed by atoms with Gasteiger partial charge in [-0.1, -0.05) is 0 Å². The number of carbonyl (C=O) groups excluding carboxylic acids is 1. The number of rotatable bonds is 3. The molecule has 2 fully saturated rings. The first-order chi connectivity index (χ1) is 8.89. The van der Waals surface area contributed by atoms with Crippen LogP contribution >= 0.6 is 0 Å². The van der Waals surface area contributed by atoms with E-state index in [1.54, 1.807) is 0 Å². The fourth-order valence-corrected chi connectivity index (χ4v) is 4.49. The Hall–Kier alpha value is -1.31. The first kappa shape index (κ1) is 14.1. The number of likely N-dealkylation sites (tertiary alicyclic amines) is 1. The lowest BCUT2D eigenvalue weighted by molar-refractivity contribution is -0.141. The molecule has 2 aliphatic rings. The Kier molecular flexibility index (Phi) is 3.98. The van der Waals surface area contributed by atoms with Gasteiger partial charge in [-0.25, -0.2) is 18.0 Å². The number of carboxylic acid groups (broad SMARTS) is 1. The highest BCUT2D eigenvalue weighted by Gasteiger charge is 2.34. The Morgan fingerprint density at radius 2 is 2.05 bits per heavy atom. The highest BCUT2D eigenvalue weighted by atomic mass is 32.2. The lowest BCUT2D eigenvalue weighted by Crippen LogP contribution is -2.47. The van der Waals surface area contributed by atoms with Crippen LogP contribution < -0.4 is 5.32 Å². The molecule has 0 saturated carbocycles. The zero-order valence-electron chi connectivity index (χ0n) is 10.5. The monoisotopic (exact) mass is 290 g/mol. The number of carbonyl (C=O) groups is 2. The van der Waals surface area contributed by atoms with Crippen LogP contribution in [0.15, 0.2) is 0 Å². The molecule has 0 bridgehead atoms. The van der Waals surface area contributed by atoms with Gasteiger partial charge >= 0.3 is 12.0 Å². The Bertz CT molecular complexity index is 475. The lowest BCUT2D eigenvalue weighted by Gasteiger charge is -2.22. The summed E-state index contributed by atoms with van der Waals surface area (Å²) < 4.78 is 22.6. The molecule has 2 atom stereocenters. The van der Waals surface area contributed by atoms with Crippen molar-refractivity contribution in [2.75, 3.05) is 24.6 Å². The molecule has 8 heteroatoms. The van der Waals surface area contributed by atoms with Crippen LogP contribution in [-0.2, 0) is 14.6 Å². The second kappa shape index (κ2) is 5.36.